The summed E-state index contributed by atoms with van der Waals surface area (Å²) in [5, 5.41) is 11.4. The van der Waals surface area contributed by atoms with Crippen LogP contribution in [0.2, 0.25) is 0 Å². The third-order valence-corrected chi connectivity index (χ3v) is 3.88. The number of amides is 1. The van der Waals surface area contributed by atoms with Gasteiger partial charge in [0.1, 0.15) is 0 Å². The van der Waals surface area contributed by atoms with Crippen LogP contribution in [0.25, 0.3) is 0 Å². The number of carbonyl (C=O) groups is 2. The topological polar surface area (TPSA) is 84.9 Å². The van der Waals surface area contributed by atoms with Gasteiger partial charge in [0.15, 0.2) is 11.5 Å². The molecule has 2 rings (SSSR count). The number of carbonyl (C=O) groups excluding carboxylic acids is 1. The molecule has 2 N–H and O–H groups in total. The Labute approximate surface area is 136 Å². The summed E-state index contributed by atoms with van der Waals surface area (Å²) < 4.78 is 11.2. The Morgan fingerprint density at radius 3 is 2.73 bits per heavy atom. The number of unbranched alkanes of at least 4 members (excludes halogenated alkanes) is 3. The lowest BCUT2D eigenvalue weighted by atomic mass is 10.1. The van der Waals surface area contributed by atoms with E-state index in [0.717, 1.165) is 19.3 Å². The zero-order valence-electron chi connectivity index (χ0n) is 12.1. The molecule has 1 aliphatic heterocycles. The SMILES string of the molecule is O=C(O)CCCCCCNC(=O)c1cc(Br)c2c(c1)OCO2. The Bertz CT molecular complexity index is 561. The highest BCUT2D eigenvalue weighted by Gasteiger charge is 2.20. The second kappa shape index (κ2) is 8.03. The lowest BCUT2D eigenvalue weighted by Gasteiger charge is -2.07. The monoisotopic (exact) mass is 371 g/mol. The van der Waals surface area contributed by atoms with Gasteiger partial charge in [-0.15, -0.1) is 0 Å². The van der Waals surface area contributed by atoms with E-state index in [1.165, 1.54) is 0 Å². The van der Waals surface area contributed by atoms with Crippen LogP contribution in [0.1, 0.15) is 42.5 Å². The molecule has 6 nitrogen and oxygen atoms in total. The van der Waals surface area contributed by atoms with Crippen LogP contribution < -0.4 is 14.8 Å². The molecule has 0 saturated heterocycles. The quantitative estimate of drug-likeness (QED) is 0.686. The average Bonchev–Trinajstić information content (AvgIpc) is 2.94. The smallest absolute Gasteiger partial charge is 0.303 e. The molecule has 1 aromatic carbocycles. The molecule has 1 aromatic rings. The Kier molecular flexibility index (Phi) is 6.06. The molecular weight excluding hydrogens is 354 g/mol. The van der Waals surface area contributed by atoms with E-state index in [1.807, 2.05) is 0 Å². The highest BCUT2D eigenvalue weighted by atomic mass is 79.9. The van der Waals surface area contributed by atoms with Gasteiger partial charge in [0.2, 0.25) is 6.79 Å². The number of ether oxygens (including phenoxy) is 2. The molecule has 0 fully saturated rings. The molecule has 1 amide bonds. The minimum Gasteiger partial charge on any atom is -0.481 e. The zero-order valence-corrected chi connectivity index (χ0v) is 13.6. The number of benzene rings is 1. The van der Waals surface area contributed by atoms with Crippen LogP contribution >= 0.6 is 15.9 Å². The van der Waals surface area contributed by atoms with Crippen LogP contribution in [0.4, 0.5) is 0 Å². The molecule has 0 saturated carbocycles. The molecule has 7 heteroatoms. The van der Waals surface area contributed by atoms with Crippen molar-refractivity contribution in [1.29, 1.82) is 0 Å². The van der Waals surface area contributed by atoms with Crippen molar-refractivity contribution in [3.8, 4) is 11.5 Å². The van der Waals surface area contributed by atoms with Crippen LogP contribution in [0.5, 0.6) is 11.5 Å². The van der Waals surface area contributed by atoms with Gasteiger partial charge in [0, 0.05) is 18.5 Å². The van der Waals surface area contributed by atoms with Crippen molar-refractivity contribution >= 4 is 27.8 Å². The van der Waals surface area contributed by atoms with Crippen molar-refractivity contribution < 1.29 is 24.2 Å². The van der Waals surface area contributed by atoms with E-state index < -0.39 is 5.97 Å². The number of hydrogen-bond acceptors (Lipinski definition) is 4. The van der Waals surface area contributed by atoms with Gasteiger partial charge in [-0.3, -0.25) is 9.59 Å². The Hall–Kier alpha value is -1.76. The molecule has 22 heavy (non-hydrogen) atoms. The first-order valence-electron chi connectivity index (χ1n) is 7.17. The number of hydrogen-bond donors (Lipinski definition) is 2. The molecule has 0 aliphatic carbocycles. The van der Waals surface area contributed by atoms with Gasteiger partial charge in [0.05, 0.1) is 4.47 Å². The number of carboxylic acid groups (broad SMARTS) is 1. The summed E-state index contributed by atoms with van der Waals surface area (Å²) in [6.45, 7) is 0.729. The van der Waals surface area contributed by atoms with Crippen LogP contribution in [0, 0.1) is 0 Å². The number of fused-ring (bicyclic) bond motifs is 1. The minimum absolute atomic E-state index is 0.162. The number of aliphatic carboxylic acids is 1. The summed E-state index contributed by atoms with van der Waals surface area (Å²) in [6, 6.07) is 3.37. The molecule has 120 valence electrons. The first-order chi connectivity index (χ1) is 10.6. The number of nitrogens with one attached hydrogen (secondary N) is 1. The van der Waals surface area contributed by atoms with Gasteiger partial charge in [-0.1, -0.05) is 12.8 Å². The van der Waals surface area contributed by atoms with Crippen molar-refractivity contribution in [3.05, 3.63) is 22.2 Å². The van der Waals surface area contributed by atoms with E-state index in [9.17, 15) is 9.59 Å². The molecule has 0 unspecified atom stereocenters. The third-order valence-electron chi connectivity index (χ3n) is 3.29. The van der Waals surface area contributed by atoms with E-state index >= 15 is 0 Å². The predicted octanol–water partition coefficient (Wildman–Crippen LogP) is 2.94. The predicted molar refractivity (Wildman–Crippen MR) is 83.3 cm³/mol. The maximum absolute atomic E-state index is 12.1. The van der Waals surface area contributed by atoms with Crippen molar-refractivity contribution in [2.75, 3.05) is 13.3 Å². The Morgan fingerprint density at radius 1 is 1.18 bits per heavy atom. The van der Waals surface area contributed by atoms with E-state index in [2.05, 4.69) is 21.2 Å². The fourth-order valence-corrected chi connectivity index (χ4v) is 2.71. The lowest BCUT2D eigenvalue weighted by molar-refractivity contribution is -0.137. The van der Waals surface area contributed by atoms with E-state index in [-0.39, 0.29) is 19.1 Å². The first-order valence-corrected chi connectivity index (χ1v) is 7.96. The summed E-state index contributed by atoms with van der Waals surface area (Å²) >= 11 is 3.36. The van der Waals surface area contributed by atoms with Crippen molar-refractivity contribution in [3.63, 3.8) is 0 Å². The third kappa shape index (κ3) is 4.62. The highest BCUT2D eigenvalue weighted by molar-refractivity contribution is 9.10. The van der Waals surface area contributed by atoms with Crippen molar-refractivity contribution in [2.45, 2.75) is 32.1 Å². The normalized spacial score (nSPS) is 12.2. The summed E-state index contributed by atoms with van der Waals surface area (Å²) in [5.41, 5.74) is 0.516. The summed E-state index contributed by atoms with van der Waals surface area (Å²) in [7, 11) is 0. The van der Waals surface area contributed by atoms with Gasteiger partial charge in [-0.25, -0.2) is 0 Å². The second-order valence-electron chi connectivity index (χ2n) is 5.01. The second-order valence-corrected chi connectivity index (χ2v) is 5.86. The van der Waals surface area contributed by atoms with Crippen LogP contribution in [0.3, 0.4) is 0 Å². The van der Waals surface area contributed by atoms with Gasteiger partial charge in [0.25, 0.3) is 5.91 Å². The lowest BCUT2D eigenvalue weighted by Crippen LogP contribution is -2.24. The largest absolute Gasteiger partial charge is 0.481 e. The summed E-state index contributed by atoms with van der Waals surface area (Å²) in [4.78, 5) is 22.4. The van der Waals surface area contributed by atoms with Gasteiger partial charge in [-0.05, 0) is 40.9 Å². The fraction of sp³-hybridized carbons (Fsp3) is 0.467. The summed E-state index contributed by atoms with van der Waals surface area (Å²) in [5.74, 6) is 0.259. The molecular formula is C15H18BrNO5. The van der Waals surface area contributed by atoms with Crippen molar-refractivity contribution in [2.24, 2.45) is 0 Å². The van der Waals surface area contributed by atoms with E-state index in [4.69, 9.17) is 14.6 Å². The maximum atomic E-state index is 12.1. The Morgan fingerprint density at radius 2 is 1.95 bits per heavy atom. The standard InChI is InChI=1S/C15H18BrNO5/c16-11-7-10(8-12-14(11)22-9-21-12)15(20)17-6-4-2-1-3-5-13(18)19/h7-8H,1-6,9H2,(H,17,20)(H,18,19). The van der Waals surface area contributed by atoms with Gasteiger partial charge in [-0.2, -0.15) is 0 Å². The highest BCUT2D eigenvalue weighted by Crippen LogP contribution is 2.39. The molecule has 0 aromatic heterocycles. The van der Waals surface area contributed by atoms with Crippen LogP contribution in [0.15, 0.2) is 16.6 Å². The molecule has 0 bridgehead atoms. The molecule has 0 radical (unpaired) electrons. The van der Waals surface area contributed by atoms with Crippen molar-refractivity contribution in [1.82, 2.24) is 5.32 Å². The van der Waals surface area contributed by atoms with E-state index in [0.29, 0.717) is 34.5 Å². The molecule has 1 aliphatic rings. The average molecular weight is 372 g/mol. The minimum atomic E-state index is -0.762. The van der Waals surface area contributed by atoms with Gasteiger partial charge < -0.3 is 19.9 Å². The first kappa shape index (κ1) is 16.6. The molecule has 0 spiro atoms. The zero-order chi connectivity index (χ0) is 15.9. The van der Waals surface area contributed by atoms with Crippen LogP contribution in [-0.4, -0.2) is 30.3 Å². The molecule has 0 atom stereocenters. The Balaban J connectivity index is 1.72. The number of halogens is 1. The van der Waals surface area contributed by atoms with Gasteiger partial charge >= 0.3 is 5.97 Å². The number of rotatable bonds is 8. The maximum Gasteiger partial charge on any atom is 0.303 e. The number of carboxylic acids is 1. The summed E-state index contributed by atoms with van der Waals surface area (Å²) in [6.07, 6.45) is 3.48. The molecule has 1 heterocycles. The van der Waals surface area contributed by atoms with E-state index in [1.54, 1.807) is 12.1 Å². The van der Waals surface area contributed by atoms with Crippen LogP contribution in [-0.2, 0) is 4.79 Å². The fourth-order valence-electron chi connectivity index (χ4n) is 2.16.